The van der Waals surface area contributed by atoms with Gasteiger partial charge >= 0.3 is 5.69 Å². The Balaban J connectivity index is 2.68. The number of aromatic hydroxyl groups is 1. The number of aryl methyl sites for hydroxylation is 1. The first-order chi connectivity index (χ1) is 9.95. The lowest BCUT2D eigenvalue weighted by molar-refractivity contribution is 0.366. The van der Waals surface area contributed by atoms with Gasteiger partial charge in [0.25, 0.3) is 5.56 Å². The van der Waals surface area contributed by atoms with E-state index < -0.39 is 11.2 Å². The van der Waals surface area contributed by atoms with Gasteiger partial charge in [0, 0.05) is 6.54 Å². The van der Waals surface area contributed by atoms with Gasteiger partial charge in [-0.2, -0.15) is 0 Å². The van der Waals surface area contributed by atoms with Crippen molar-refractivity contribution < 1.29 is 5.11 Å². The first-order valence-corrected chi connectivity index (χ1v) is 7.07. The van der Waals surface area contributed by atoms with Crippen LogP contribution in [0.3, 0.4) is 0 Å². The molecule has 0 radical (unpaired) electrons. The van der Waals surface area contributed by atoms with Crippen LogP contribution in [0.15, 0.2) is 33.9 Å². The summed E-state index contributed by atoms with van der Waals surface area (Å²) in [5.74, 6) is -0.0393. The molecule has 0 fully saturated rings. The molecule has 5 heteroatoms. The van der Waals surface area contributed by atoms with Crippen molar-refractivity contribution in [2.75, 3.05) is 0 Å². The average Bonchev–Trinajstić information content (AvgIpc) is 2.45. The summed E-state index contributed by atoms with van der Waals surface area (Å²) >= 11 is 0. The summed E-state index contributed by atoms with van der Waals surface area (Å²) in [4.78, 5) is 26.3. The fraction of sp³-hybridized carbons (Fsp3) is 0.375. The normalized spacial score (nSPS) is 12.3. The maximum atomic E-state index is 12.1. The Morgan fingerprint density at radius 3 is 2.57 bits per heavy atom. The molecule has 2 aromatic rings. The summed E-state index contributed by atoms with van der Waals surface area (Å²) in [6.07, 6.45) is 0.880. The lowest BCUT2D eigenvalue weighted by Gasteiger charge is -2.15. The topological polar surface area (TPSA) is 75.1 Å². The number of rotatable bonds is 4. The van der Waals surface area contributed by atoms with E-state index in [-0.39, 0.29) is 17.4 Å². The van der Waals surface area contributed by atoms with Crippen LogP contribution in [0, 0.1) is 12.8 Å². The van der Waals surface area contributed by atoms with E-state index in [1.165, 1.54) is 4.57 Å². The van der Waals surface area contributed by atoms with E-state index in [1.807, 2.05) is 32.9 Å². The molecule has 2 N–H and O–H groups in total. The second-order valence-electron chi connectivity index (χ2n) is 5.40. The largest absolute Gasteiger partial charge is 0.494 e. The van der Waals surface area contributed by atoms with Crippen LogP contribution in [0.2, 0.25) is 0 Å². The Labute approximate surface area is 122 Å². The van der Waals surface area contributed by atoms with E-state index in [9.17, 15) is 14.7 Å². The highest BCUT2D eigenvalue weighted by Gasteiger charge is 2.18. The number of nitrogens with one attached hydrogen (secondary N) is 1. The SMILES string of the molecule is CCC(C)Cn1c(O)c(-c2ccccc2C)c(=O)[nH]c1=O. The second kappa shape index (κ2) is 5.99. The number of hydrogen-bond acceptors (Lipinski definition) is 3. The van der Waals surface area contributed by atoms with Gasteiger partial charge in [-0.25, -0.2) is 4.79 Å². The van der Waals surface area contributed by atoms with Crippen LogP contribution in [0.4, 0.5) is 0 Å². The third-order valence-electron chi connectivity index (χ3n) is 3.78. The second-order valence-corrected chi connectivity index (χ2v) is 5.40. The van der Waals surface area contributed by atoms with Gasteiger partial charge in [0.05, 0.1) is 0 Å². The van der Waals surface area contributed by atoms with Crippen molar-refractivity contribution in [2.45, 2.75) is 33.7 Å². The number of aromatic nitrogens is 2. The summed E-state index contributed by atoms with van der Waals surface area (Å²) in [5, 5.41) is 10.4. The quantitative estimate of drug-likeness (QED) is 0.906. The summed E-state index contributed by atoms with van der Waals surface area (Å²) in [7, 11) is 0. The molecule has 0 saturated heterocycles. The molecule has 21 heavy (non-hydrogen) atoms. The Morgan fingerprint density at radius 2 is 1.95 bits per heavy atom. The maximum absolute atomic E-state index is 12.1. The van der Waals surface area contributed by atoms with Crippen molar-refractivity contribution in [2.24, 2.45) is 5.92 Å². The van der Waals surface area contributed by atoms with Gasteiger partial charge in [0.2, 0.25) is 5.88 Å². The molecule has 0 aliphatic rings. The standard InChI is InChI=1S/C16H20N2O3/c1-4-10(2)9-18-15(20)13(14(19)17-16(18)21)12-8-6-5-7-11(12)3/h5-8,10,20H,4,9H2,1-3H3,(H,17,19,21). The lowest BCUT2D eigenvalue weighted by atomic mass is 10.0. The number of benzene rings is 1. The summed E-state index contributed by atoms with van der Waals surface area (Å²) in [6.45, 7) is 6.24. The van der Waals surface area contributed by atoms with Gasteiger partial charge in [0.15, 0.2) is 0 Å². The molecule has 1 aromatic carbocycles. The lowest BCUT2D eigenvalue weighted by Crippen LogP contribution is -2.32. The van der Waals surface area contributed by atoms with E-state index in [0.717, 1.165) is 12.0 Å². The molecule has 2 rings (SSSR count). The van der Waals surface area contributed by atoms with Gasteiger partial charge in [-0.3, -0.25) is 14.3 Å². The highest BCUT2D eigenvalue weighted by Crippen LogP contribution is 2.27. The smallest absolute Gasteiger partial charge is 0.331 e. The van der Waals surface area contributed by atoms with Crippen LogP contribution < -0.4 is 11.2 Å². The van der Waals surface area contributed by atoms with Crippen molar-refractivity contribution in [1.82, 2.24) is 9.55 Å². The zero-order valence-electron chi connectivity index (χ0n) is 12.5. The fourth-order valence-electron chi connectivity index (χ4n) is 2.27. The van der Waals surface area contributed by atoms with Crippen LogP contribution in [0.5, 0.6) is 5.88 Å². The van der Waals surface area contributed by atoms with E-state index in [1.54, 1.807) is 12.1 Å². The average molecular weight is 288 g/mol. The molecule has 112 valence electrons. The summed E-state index contributed by atoms with van der Waals surface area (Å²) in [5.41, 5.74) is 0.513. The minimum atomic E-state index is -0.574. The van der Waals surface area contributed by atoms with Crippen molar-refractivity contribution in [3.63, 3.8) is 0 Å². The molecule has 0 aliphatic carbocycles. The zero-order chi connectivity index (χ0) is 15.6. The van der Waals surface area contributed by atoms with Gasteiger partial charge in [0.1, 0.15) is 5.56 Å². The molecule has 0 spiro atoms. The molecule has 1 aromatic heterocycles. The highest BCUT2D eigenvalue weighted by molar-refractivity contribution is 5.70. The maximum Gasteiger partial charge on any atom is 0.331 e. The van der Waals surface area contributed by atoms with Crippen LogP contribution in [-0.2, 0) is 6.54 Å². The number of hydrogen-bond donors (Lipinski definition) is 2. The molecule has 1 heterocycles. The molecular formula is C16H20N2O3. The van der Waals surface area contributed by atoms with Gasteiger partial charge < -0.3 is 5.11 Å². The van der Waals surface area contributed by atoms with E-state index in [4.69, 9.17) is 0 Å². The van der Waals surface area contributed by atoms with Gasteiger partial charge in [-0.05, 0) is 24.0 Å². The Kier molecular flexibility index (Phi) is 4.31. The molecule has 0 aliphatic heterocycles. The van der Waals surface area contributed by atoms with E-state index in [2.05, 4.69) is 4.98 Å². The van der Waals surface area contributed by atoms with Crippen molar-refractivity contribution in [3.05, 3.63) is 50.7 Å². The monoisotopic (exact) mass is 288 g/mol. The minimum absolute atomic E-state index is 0.149. The third-order valence-corrected chi connectivity index (χ3v) is 3.78. The van der Waals surface area contributed by atoms with Gasteiger partial charge in [-0.15, -0.1) is 0 Å². The first kappa shape index (κ1) is 15.1. The Morgan fingerprint density at radius 1 is 1.29 bits per heavy atom. The molecule has 1 atom stereocenters. The molecule has 0 bridgehead atoms. The number of H-pyrrole nitrogens is 1. The van der Waals surface area contributed by atoms with E-state index >= 15 is 0 Å². The van der Waals surface area contributed by atoms with Crippen LogP contribution in [-0.4, -0.2) is 14.7 Å². The summed E-state index contributed by atoms with van der Waals surface area (Å²) < 4.78 is 1.23. The van der Waals surface area contributed by atoms with Crippen LogP contribution in [0.1, 0.15) is 25.8 Å². The van der Waals surface area contributed by atoms with Crippen LogP contribution >= 0.6 is 0 Å². The predicted molar refractivity (Wildman–Crippen MR) is 82.6 cm³/mol. The molecule has 1 unspecified atom stereocenters. The van der Waals surface area contributed by atoms with E-state index in [0.29, 0.717) is 12.1 Å². The zero-order valence-corrected chi connectivity index (χ0v) is 12.5. The van der Waals surface area contributed by atoms with Crippen molar-refractivity contribution >= 4 is 0 Å². The molecule has 0 saturated carbocycles. The first-order valence-electron chi connectivity index (χ1n) is 7.07. The van der Waals surface area contributed by atoms with Crippen molar-refractivity contribution in [3.8, 4) is 17.0 Å². The van der Waals surface area contributed by atoms with Crippen LogP contribution in [0.25, 0.3) is 11.1 Å². The van der Waals surface area contributed by atoms with Gasteiger partial charge in [-0.1, -0.05) is 44.5 Å². The molecule has 5 nitrogen and oxygen atoms in total. The predicted octanol–water partition coefficient (Wildman–Crippen LogP) is 2.26. The molecule has 0 amide bonds. The summed E-state index contributed by atoms with van der Waals surface area (Å²) in [6, 6.07) is 7.28. The van der Waals surface area contributed by atoms with Crippen molar-refractivity contribution in [1.29, 1.82) is 0 Å². The number of aromatic amines is 1. The molecular weight excluding hydrogens is 268 g/mol. The highest BCUT2D eigenvalue weighted by atomic mass is 16.3. The minimum Gasteiger partial charge on any atom is -0.494 e. The fourth-order valence-corrected chi connectivity index (χ4v) is 2.27. The number of nitrogens with zero attached hydrogens (tertiary/aromatic N) is 1. The third kappa shape index (κ3) is 2.91. The Bertz CT molecular complexity index is 759. The Hall–Kier alpha value is -2.30.